The highest BCUT2D eigenvalue weighted by atomic mass is 19.2. The van der Waals surface area contributed by atoms with Crippen LogP contribution in [0.4, 0.5) is 4.48 Å². The first-order chi connectivity index (χ1) is 4.39. The van der Waals surface area contributed by atoms with Gasteiger partial charge in [0.05, 0.1) is 0 Å². The molecule has 0 heterocycles. The van der Waals surface area contributed by atoms with Gasteiger partial charge in [-0.15, -0.1) is 9.60 Å². The van der Waals surface area contributed by atoms with E-state index in [2.05, 4.69) is 0 Å². The van der Waals surface area contributed by atoms with Crippen LogP contribution in [-0.4, -0.2) is 23.4 Å². The lowest BCUT2D eigenvalue weighted by Crippen LogP contribution is -2.57. The van der Waals surface area contributed by atoms with Crippen molar-refractivity contribution in [2.75, 3.05) is 6.54 Å². The molecule has 1 atom stereocenters. The average Bonchev–Trinajstić information content (AvgIpc) is 1.83. The van der Waals surface area contributed by atoms with E-state index in [1.807, 2.05) is 0 Å². The van der Waals surface area contributed by atoms with Crippen molar-refractivity contribution in [3.05, 3.63) is 0 Å². The minimum atomic E-state index is -0.725. The molecule has 0 saturated heterocycles. The van der Waals surface area contributed by atoms with Crippen LogP contribution in [0.5, 0.6) is 0 Å². The molecule has 1 unspecified atom stereocenters. The molecule has 10 heavy (non-hydrogen) atoms. The second-order valence-electron chi connectivity index (χ2n) is 2.98. The number of rotatable bonds is 3. The van der Waals surface area contributed by atoms with Crippen LogP contribution in [0.1, 0.15) is 20.8 Å². The van der Waals surface area contributed by atoms with Crippen molar-refractivity contribution in [3.8, 4) is 0 Å². The van der Waals surface area contributed by atoms with Crippen LogP contribution in [-0.2, 0) is 0 Å². The Balaban J connectivity index is 3.94. The summed E-state index contributed by atoms with van der Waals surface area (Å²) < 4.78 is 12.6. The van der Waals surface area contributed by atoms with Crippen molar-refractivity contribution < 1.29 is 4.48 Å². The lowest BCUT2D eigenvalue weighted by atomic mass is 10.0. The molecule has 62 valence electrons. The first-order valence-electron chi connectivity index (χ1n) is 3.36. The zero-order valence-electron chi connectivity index (χ0n) is 6.76. The molecule has 4 N–H and O–H groups in total. The van der Waals surface area contributed by atoms with Crippen LogP contribution < -0.4 is 11.5 Å². The van der Waals surface area contributed by atoms with Crippen molar-refractivity contribution in [3.63, 3.8) is 0 Å². The number of likely N-dealkylation sites (N-methyl/N-ethyl adjacent to an activating group) is 1. The van der Waals surface area contributed by atoms with Crippen LogP contribution in [0.3, 0.4) is 0 Å². The first-order valence-corrected chi connectivity index (χ1v) is 3.36. The van der Waals surface area contributed by atoms with Crippen molar-refractivity contribution in [1.82, 2.24) is 5.12 Å². The van der Waals surface area contributed by atoms with E-state index in [1.54, 1.807) is 20.8 Å². The van der Waals surface area contributed by atoms with Gasteiger partial charge in [-0.3, -0.25) is 0 Å². The zero-order chi connectivity index (χ0) is 8.36. The number of hydrogen-bond donors (Lipinski definition) is 2. The SMILES string of the molecule is CCN(F)C(N)C(C)(C)N. The van der Waals surface area contributed by atoms with E-state index < -0.39 is 11.7 Å². The third-order valence-corrected chi connectivity index (χ3v) is 1.37. The van der Waals surface area contributed by atoms with E-state index in [0.29, 0.717) is 5.12 Å². The summed E-state index contributed by atoms with van der Waals surface area (Å²) in [4.78, 5) is 0. The number of halogens is 1. The predicted molar refractivity (Wildman–Crippen MR) is 39.7 cm³/mol. The fraction of sp³-hybridized carbons (Fsp3) is 1.00. The van der Waals surface area contributed by atoms with Crippen LogP contribution in [0.15, 0.2) is 0 Å². The Labute approximate surface area is 61.1 Å². The second-order valence-corrected chi connectivity index (χ2v) is 2.98. The van der Waals surface area contributed by atoms with Crippen molar-refractivity contribution in [2.45, 2.75) is 32.5 Å². The lowest BCUT2D eigenvalue weighted by molar-refractivity contribution is -0.0390. The highest BCUT2D eigenvalue weighted by Crippen LogP contribution is 2.07. The zero-order valence-corrected chi connectivity index (χ0v) is 6.76. The summed E-state index contributed by atoms with van der Waals surface area (Å²) >= 11 is 0. The quantitative estimate of drug-likeness (QED) is 0.445. The Kier molecular flexibility index (Phi) is 3.21. The standard InChI is InChI=1S/C6H16FN3/c1-4-10(7)5(8)6(2,3)9/h5H,4,8-9H2,1-3H3. The van der Waals surface area contributed by atoms with Crippen LogP contribution >= 0.6 is 0 Å². The summed E-state index contributed by atoms with van der Waals surface area (Å²) in [5, 5.41) is 0.528. The topological polar surface area (TPSA) is 55.3 Å². The molecule has 0 aromatic rings. The van der Waals surface area contributed by atoms with E-state index in [0.717, 1.165) is 0 Å². The molecule has 0 fully saturated rings. The lowest BCUT2D eigenvalue weighted by Gasteiger charge is -2.30. The van der Waals surface area contributed by atoms with Crippen molar-refractivity contribution in [2.24, 2.45) is 11.5 Å². The third kappa shape index (κ3) is 2.60. The average molecular weight is 149 g/mol. The van der Waals surface area contributed by atoms with Gasteiger partial charge in [0.1, 0.15) is 6.17 Å². The van der Waals surface area contributed by atoms with Gasteiger partial charge in [-0.2, -0.15) is 0 Å². The molecule has 3 nitrogen and oxygen atoms in total. The maximum atomic E-state index is 12.6. The van der Waals surface area contributed by atoms with E-state index >= 15 is 0 Å². The first kappa shape index (κ1) is 9.81. The monoisotopic (exact) mass is 149 g/mol. The van der Waals surface area contributed by atoms with Crippen molar-refractivity contribution >= 4 is 0 Å². The summed E-state index contributed by atoms with van der Waals surface area (Å²) in [6.07, 6.45) is -0.725. The van der Waals surface area contributed by atoms with Gasteiger partial charge in [-0.25, -0.2) is 0 Å². The van der Waals surface area contributed by atoms with Crippen LogP contribution in [0.2, 0.25) is 0 Å². The van der Waals surface area contributed by atoms with Gasteiger partial charge in [0, 0.05) is 12.1 Å². The third-order valence-electron chi connectivity index (χ3n) is 1.37. The molecular weight excluding hydrogens is 133 g/mol. The molecule has 0 aliphatic rings. The summed E-state index contributed by atoms with van der Waals surface area (Å²) in [5.74, 6) is 0. The van der Waals surface area contributed by atoms with Gasteiger partial charge in [0.25, 0.3) is 0 Å². The smallest absolute Gasteiger partial charge is 0.104 e. The summed E-state index contributed by atoms with van der Waals surface area (Å²) in [7, 11) is 0. The minimum absolute atomic E-state index is 0.266. The van der Waals surface area contributed by atoms with E-state index in [9.17, 15) is 4.48 Å². The Morgan fingerprint density at radius 1 is 1.60 bits per heavy atom. The number of nitrogens with zero attached hydrogens (tertiary/aromatic N) is 1. The maximum absolute atomic E-state index is 12.6. The highest BCUT2D eigenvalue weighted by molar-refractivity contribution is 4.82. The summed E-state index contributed by atoms with van der Waals surface area (Å²) in [5.41, 5.74) is 10.3. The Bertz CT molecular complexity index is 99.7. The molecule has 0 saturated carbocycles. The molecule has 0 bridgehead atoms. The molecule has 0 aliphatic heterocycles. The predicted octanol–water partition coefficient (Wildman–Crippen LogP) is 0.215. The van der Waals surface area contributed by atoms with Gasteiger partial charge in [-0.05, 0) is 20.8 Å². The Morgan fingerprint density at radius 3 is 2.10 bits per heavy atom. The minimum Gasteiger partial charge on any atom is -0.323 e. The van der Waals surface area contributed by atoms with Gasteiger partial charge in [0.15, 0.2) is 0 Å². The Morgan fingerprint density at radius 2 is 2.00 bits per heavy atom. The van der Waals surface area contributed by atoms with E-state index in [1.165, 1.54) is 0 Å². The Hall–Kier alpha value is -0.190. The second kappa shape index (κ2) is 3.27. The van der Waals surface area contributed by atoms with Crippen LogP contribution in [0.25, 0.3) is 0 Å². The van der Waals surface area contributed by atoms with Gasteiger partial charge < -0.3 is 11.5 Å². The van der Waals surface area contributed by atoms with Gasteiger partial charge >= 0.3 is 0 Å². The summed E-state index contributed by atoms with van der Waals surface area (Å²) in [6.45, 7) is 5.34. The largest absolute Gasteiger partial charge is 0.323 e. The van der Waals surface area contributed by atoms with Crippen molar-refractivity contribution in [1.29, 1.82) is 0 Å². The molecule has 0 aromatic carbocycles. The number of nitrogens with two attached hydrogens (primary N) is 2. The van der Waals surface area contributed by atoms with Gasteiger partial charge in [0.2, 0.25) is 0 Å². The maximum Gasteiger partial charge on any atom is 0.104 e. The van der Waals surface area contributed by atoms with Crippen LogP contribution in [0, 0.1) is 0 Å². The van der Waals surface area contributed by atoms with E-state index in [-0.39, 0.29) is 6.54 Å². The number of hydrogen-bond acceptors (Lipinski definition) is 3. The molecule has 0 amide bonds. The molecule has 0 aliphatic carbocycles. The molecule has 4 heteroatoms. The normalized spacial score (nSPS) is 15.9. The highest BCUT2D eigenvalue weighted by Gasteiger charge is 2.26. The fourth-order valence-corrected chi connectivity index (χ4v) is 0.558. The van der Waals surface area contributed by atoms with E-state index in [4.69, 9.17) is 11.5 Å². The fourth-order valence-electron chi connectivity index (χ4n) is 0.558. The molecule has 0 aromatic heterocycles. The molecule has 0 radical (unpaired) electrons. The van der Waals surface area contributed by atoms with Gasteiger partial charge in [-0.1, -0.05) is 0 Å². The molecule has 0 rings (SSSR count). The summed E-state index contributed by atoms with van der Waals surface area (Å²) in [6, 6.07) is 0. The molecular formula is C6H16FN3. The molecule has 0 spiro atoms.